The van der Waals surface area contributed by atoms with Crippen LogP contribution in [0, 0.1) is 0 Å². The molecule has 0 fully saturated rings. The molecule has 1 aromatic heterocycles. The van der Waals surface area contributed by atoms with Crippen LogP contribution >= 0.6 is 0 Å². The molecule has 1 N–H and O–H groups in total. The number of aromatic nitrogens is 1. The first kappa shape index (κ1) is 16.4. The summed E-state index contributed by atoms with van der Waals surface area (Å²) in [5.74, 6) is 0.311. The molecule has 6 nitrogen and oxygen atoms in total. The Morgan fingerprint density at radius 2 is 2.10 bits per heavy atom. The van der Waals surface area contributed by atoms with Crippen molar-refractivity contribution in [1.82, 2.24) is 9.88 Å². The van der Waals surface area contributed by atoms with Gasteiger partial charge in [0.2, 0.25) is 0 Å². The van der Waals surface area contributed by atoms with Gasteiger partial charge in [-0.1, -0.05) is 13.0 Å². The molecular formula is C13H21N3O3S. The quantitative estimate of drug-likeness (QED) is 0.813. The van der Waals surface area contributed by atoms with Gasteiger partial charge in [-0.05, 0) is 18.6 Å². The normalized spacial score (nSPS) is 11.2. The van der Waals surface area contributed by atoms with Crippen LogP contribution in [0.1, 0.15) is 23.8 Å². The second-order valence-electron chi connectivity index (χ2n) is 4.69. The van der Waals surface area contributed by atoms with Crippen LogP contribution in [-0.4, -0.2) is 56.4 Å². The Balaban J connectivity index is 2.71. The van der Waals surface area contributed by atoms with Crippen molar-refractivity contribution in [2.75, 3.05) is 37.5 Å². The number of nitrogens with one attached hydrogen (secondary N) is 1. The highest BCUT2D eigenvalue weighted by atomic mass is 32.2. The summed E-state index contributed by atoms with van der Waals surface area (Å²) in [7, 11) is -1.51. The molecule has 0 saturated heterocycles. The lowest BCUT2D eigenvalue weighted by molar-refractivity contribution is 0.0798. The van der Waals surface area contributed by atoms with E-state index in [-0.39, 0.29) is 18.2 Å². The molecule has 0 spiro atoms. The SMILES string of the molecule is CCCNc1cccc(C(=O)N(C)CCS(C)(=O)=O)n1. The first-order valence-electron chi connectivity index (χ1n) is 6.47. The van der Waals surface area contributed by atoms with Gasteiger partial charge < -0.3 is 10.2 Å². The molecule has 20 heavy (non-hydrogen) atoms. The molecule has 112 valence electrons. The van der Waals surface area contributed by atoms with Gasteiger partial charge in [0.25, 0.3) is 5.91 Å². The summed E-state index contributed by atoms with van der Waals surface area (Å²) in [6, 6.07) is 5.17. The number of anilines is 1. The fourth-order valence-electron chi connectivity index (χ4n) is 1.51. The van der Waals surface area contributed by atoms with Crippen molar-refractivity contribution < 1.29 is 13.2 Å². The van der Waals surface area contributed by atoms with Gasteiger partial charge in [0, 0.05) is 26.4 Å². The molecule has 1 rings (SSSR count). The first-order chi connectivity index (χ1) is 9.33. The minimum Gasteiger partial charge on any atom is -0.370 e. The van der Waals surface area contributed by atoms with Crippen molar-refractivity contribution in [2.45, 2.75) is 13.3 Å². The highest BCUT2D eigenvalue weighted by Gasteiger charge is 2.15. The second kappa shape index (κ2) is 7.23. The largest absolute Gasteiger partial charge is 0.370 e. The maximum absolute atomic E-state index is 12.1. The highest BCUT2D eigenvalue weighted by Crippen LogP contribution is 2.07. The number of pyridine rings is 1. The molecule has 1 heterocycles. The fourth-order valence-corrected chi connectivity index (χ4v) is 2.11. The van der Waals surface area contributed by atoms with E-state index in [9.17, 15) is 13.2 Å². The Kier molecular flexibility index (Phi) is 5.94. The van der Waals surface area contributed by atoms with Crippen molar-refractivity contribution in [2.24, 2.45) is 0 Å². The molecule has 0 unspecified atom stereocenters. The second-order valence-corrected chi connectivity index (χ2v) is 6.95. The van der Waals surface area contributed by atoms with E-state index >= 15 is 0 Å². The summed E-state index contributed by atoms with van der Waals surface area (Å²) in [6.45, 7) is 2.99. The summed E-state index contributed by atoms with van der Waals surface area (Å²) >= 11 is 0. The number of amides is 1. The van der Waals surface area contributed by atoms with Gasteiger partial charge >= 0.3 is 0 Å². The van der Waals surface area contributed by atoms with Gasteiger partial charge in [0.15, 0.2) is 0 Å². The smallest absolute Gasteiger partial charge is 0.272 e. The van der Waals surface area contributed by atoms with Crippen LogP contribution in [0.15, 0.2) is 18.2 Å². The van der Waals surface area contributed by atoms with Crippen LogP contribution in [0.2, 0.25) is 0 Å². The molecule has 0 aliphatic rings. The van der Waals surface area contributed by atoms with E-state index in [2.05, 4.69) is 10.3 Å². The van der Waals surface area contributed by atoms with Gasteiger partial charge in [-0.15, -0.1) is 0 Å². The van der Waals surface area contributed by atoms with E-state index in [1.165, 1.54) is 4.90 Å². The number of hydrogen-bond acceptors (Lipinski definition) is 5. The average molecular weight is 299 g/mol. The van der Waals surface area contributed by atoms with E-state index in [4.69, 9.17) is 0 Å². The van der Waals surface area contributed by atoms with Crippen molar-refractivity contribution >= 4 is 21.6 Å². The van der Waals surface area contributed by atoms with E-state index in [1.54, 1.807) is 25.2 Å². The van der Waals surface area contributed by atoms with Gasteiger partial charge in [0.05, 0.1) is 5.75 Å². The number of sulfone groups is 1. The predicted octanol–water partition coefficient (Wildman–Crippen LogP) is 1.02. The predicted molar refractivity (Wildman–Crippen MR) is 79.7 cm³/mol. The van der Waals surface area contributed by atoms with Crippen LogP contribution in [0.25, 0.3) is 0 Å². The maximum Gasteiger partial charge on any atom is 0.272 e. The summed E-state index contributed by atoms with van der Waals surface area (Å²) < 4.78 is 22.2. The summed E-state index contributed by atoms with van der Waals surface area (Å²) in [5.41, 5.74) is 0.308. The molecular weight excluding hydrogens is 278 g/mol. The fraction of sp³-hybridized carbons (Fsp3) is 0.538. The van der Waals surface area contributed by atoms with E-state index in [0.29, 0.717) is 11.5 Å². The summed E-state index contributed by atoms with van der Waals surface area (Å²) in [5, 5.41) is 3.11. The molecule has 0 aliphatic carbocycles. The molecule has 1 amide bonds. The zero-order valence-electron chi connectivity index (χ0n) is 12.1. The van der Waals surface area contributed by atoms with Crippen molar-refractivity contribution in [3.8, 4) is 0 Å². The van der Waals surface area contributed by atoms with E-state index in [1.807, 2.05) is 6.92 Å². The minimum absolute atomic E-state index is 0.0526. The summed E-state index contributed by atoms with van der Waals surface area (Å²) in [4.78, 5) is 17.7. The van der Waals surface area contributed by atoms with Gasteiger partial charge in [0.1, 0.15) is 21.3 Å². The number of rotatable bonds is 7. The summed E-state index contributed by atoms with van der Waals surface area (Å²) in [6.07, 6.45) is 2.12. The molecule has 1 aromatic rings. The third-order valence-electron chi connectivity index (χ3n) is 2.67. The van der Waals surface area contributed by atoms with Crippen LogP contribution in [0.5, 0.6) is 0 Å². The van der Waals surface area contributed by atoms with Crippen LogP contribution in [0.3, 0.4) is 0 Å². The Morgan fingerprint density at radius 1 is 1.40 bits per heavy atom. The number of hydrogen-bond donors (Lipinski definition) is 1. The third-order valence-corrected chi connectivity index (χ3v) is 3.59. The lowest BCUT2D eigenvalue weighted by atomic mass is 10.3. The van der Waals surface area contributed by atoms with E-state index < -0.39 is 9.84 Å². The Bertz CT molecular complexity index is 558. The molecule has 0 bridgehead atoms. The molecule has 0 aliphatic heterocycles. The first-order valence-corrected chi connectivity index (χ1v) is 8.53. The molecule has 0 radical (unpaired) electrons. The van der Waals surface area contributed by atoms with Gasteiger partial charge in [-0.2, -0.15) is 0 Å². The molecule has 7 heteroatoms. The lowest BCUT2D eigenvalue weighted by Gasteiger charge is -2.16. The minimum atomic E-state index is -3.08. The van der Waals surface area contributed by atoms with Crippen molar-refractivity contribution in [3.63, 3.8) is 0 Å². The van der Waals surface area contributed by atoms with Gasteiger partial charge in [-0.3, -0.25) is 4.79 Å². The number of carbonyl (C=O) groups is 1. The highest BCUT2D eigenvalue weighted by molar-refractivity contribution is 7.90. The third kappa shape index (κ3) is 5.56. The average Bonchev–Trinajstić information content (AvgIpc) is 2.41. The molecule has 0 atom stereocenters. The zero-order chi connectivity index (χ0) is 15.2. The Labute approximate surface area is 120 Å². The monoisotopic (exact) mass is 299 g/mol. The zero-order valence-corrected chi connectivity index (χ0v) is 12.9. The maximum atomic E-state index is 12.1. The topological polar surface area (TPSA) is 79.4 Å². The Morgan fingerprint density at radius 3 is 2.70 bits per heavy atom. The number of carbonyl (C=O) groups excluding carboxylic acids is 1. The van der Waals surface area contributed by atoms with Crippen LogP contribution in [-0.2, 0) is 9.84 Å². The number of nitrogens with zero attached hydrogens (tertiary/aromatic N) is 2. The van der Waals surface area contributed by atoms with E-state index in [0.717, 1.165) is 19.2 Å². The standard InChI is InChI=1S/C13H21N3O3S/c1-4-8-14-12-7-5-6-11(15-12)13(17)16(2)9-10-20(3,18)19/h5-7H,4,8-10H2,1-3H3,(H,14,15). The lowest BCUT2D eigenvalue weighted by Crippen LogP contribution is -2.32. The molecule has 0 aromatic carbocycles. The van der Waals surface area contributed by atoms with Crippen LogP contribution in [0.4, 0.5) is 5.82 Å². The molecule has 0 saturated carbocycles. The van der Waals surface area contributed by atoms with Crippen molar-refractivity contribution in [1.29, 1.82) is 0 Å². The van der Waals surface area contributed by atoms with Crippen LogP contribution < -0.4 is 5.32 Å². The Hall–Kier alpha value is -1.63. The van der Waals surface area contributed by atoms with Gasteiger partial charge in [-0.25, -0.2) is 13.4 Å². The van der Waals surface area contributed by atoms with Crippen molar-refractivity contribution in [3.05, 3.63) is 23.9 Å².